The number of aryl methyl sites for hydroxylation is 1. The van der Waals surface area contributed by atoms with Gasteiger partial charge in [0, 0.05) is 34.7 Å². The van der Waals surface area contributed by atoms with Crippen LogP contribution in [0.2, 0.25) is 0 Å². The van der Waals surface area contributed by atoms with Crippen LogP contribution in [0.15, 0.2) is 53.8 Å². The third-order valence-corrected chi connectivity index (χ3v) is 4.12. The van der Waals surface area contributed by atoms with Gasteiger partial charge in [-0.25, -0.2) is 0 Å². The fourth-order valence-corrected chi connectivity index (χ4v) is 3.01. The molecule has 0 spiro atoms. The van der Waals surface area contributed by atoms with Crippen molar-refractivity contribution in [3.63, 3.8) is 0 Å². The molecule has 0 atom stereocenters. The Labute approximate surface area is 135 Å². The molecule has 0 saturated heterocycles. The monoisotopic (exact) mass is 302 g/mol. The van der Waals surface area contributed by atoms with Crippen molar-refractivity contribution in [3.8, 4) is 0 Å². The highest BCUT2D eigenvalue weighted by molar-refractivity contribution is 6.10. The van der Waals surface area contributed by atoms with Gasteiger partial charge in [0.2, 0.25) is 0 Å². The van der Waals surface area contributed by atoms with Crippen molar-refractivity contribution < 1.29 is 0 Å². The van der Waals surface area contributed by atoms with Crippen molar-refractivity contribution >= 4 is 22.3 Å². The lowest BCUT2D eigenvalue weighted by atomic mass is 10.1. The fourth-order valence-electron chi connectivity index (χ4n) is 3.01. The molecule has 4 nitrogen and oxygen atoms in total. The zero-order chi connectivity index (χ0) is 15.6. The van der Waals surface area contributed by atoms with E-state index in [1.54, 1.807) is 0 Å². The molecule has 4 heteroatoms. The van der Waals surface area contributed by atoms with Gasteiger partial charge in [0.15, 0.2) is 5.84 Å². The van der Waals surface area contributed by atoms with Gasteiger partial charge < -0.3 is 5.32 Å². The van der Waals surface area contributed by atoms with Crippen molar-refractivity contribution in [2.24, 2.45) is 4.99 Å². The second-order valence-corrected chi connectivity index (χ2v) is 5.74. The summed E-state index contributed by atoms with van der Waals surface area (Å²) in [6.45, 7) is 2.88. The molecule has 0 bridgehead atoms. The Bertz CT molecular complexity index is 899. The van der Waals surface area contributed by atoms with Gasteiger partial charge in [-0.2, -0.15) is 0 Å². The predicted molar refractivity (Wildman–Crippen MR) is 93.8 cm³/mol. The smallest absolute Gasteiger partial charge is 0.152 e. The molecule has 0 amide bonds. The zero-order valence-corrected chi connectivity index (χ0v) is 13.1. The molecule has 3 aromatic rings. The zero-order valence-electron chi connectivity index (χ0n) is 13.1. The van der Waals surface area contributed by atoms with E-state index in [1.165, 1.54) is 22.0 Å². The van der Waals surface area contributed by atoms with E-state index in [0.29, 0.717) is 6.54 Å². The number of aliphatic imine (C=N–C) groups is 1. The molecule has 0 unspecified atom stereocenters. The van der Waals surface area contributed by atoms with Crippen molar-refractivity contribution in [1.82, 2.24) is 9.97 Å². The van der Waals surface area contributed by atoms with E-state index in [0.717, 1.165) is 30.1 Å². The first-order chi connectivity index (χ1) is 11.3. The molecular formula is C19H18N4. The molecule has 3 heterocycles. The number of nitrogens with one attached hydrogen (secondary N) is 1. The summed E-state index contributed by atoms with van der Waals surface area (Å²) in [5.41, 5.74) is 4.32. The standard InChI is InChI=1S/C19H18N4/c1-2-4-17-16-7-6-15(11-13(16)8-10-20-17)23-19-18-14(12-22-19)5-3-9-21-18/h3,5-11H,2,4,12H2,1H3,(H,22,23). The summed E-state index contributed by atoms with van der Waals surface area (Å²) >= 11 is 0. The molecule has 1 aliphatic rings. The number of amidine groups is 1. The Morgan fingerprint density at radius 3 is 2.96 bits per heavy atom. The molecule has 0 saturated carbocycles. The van der Waals surface area contributed by atoms with Crippen molar-refractivity contribution in [2.45, 2.75) is 26.3 Å². The van der Waals surface area contributed by atoms with Crippen LogP contribution in [0.4, 0.5) is 5.69 Å². The molecule has 1 N–H and O–H groups in total. The summed E-state index contributed by atoms with van der Waals surface area (Å²) in [6.07, 6.45) is 5.81. The summed E-state index contributed by atoms with van der Waals surface area (Å²) < 4.78 is 0. The van der Waals surface area contributed by atoms with E-state index in [-0.39, 0.29) is 0 Å². The number of pyridine rings is 2. The Hall–Kier alpha value is -2.75. The van der Waals surface area contributed by atoms with Gasteiger partial charge >= 0.3 is 0 Å². The lowest BCUT2D eigenvalue weighted by Crippen LogP contribution is -2.13. The molecule has 0 radical (unpaired) electrons. The molecule has 0 fully saturated rings. The van der Waals surface area contributed by atoms with Crippen LogP contribution in [0.1, 0.15) is 30.3 Å². The van der Waals surface area contributed by atoms with E-state index in [4.69, 9.17) is 0 Å². The second kappa shape index (κ2) is 5.80. The summed E-state index contributed by atoms with van der Waals surface area (Å²) in [5.74, 6) is 0.850. The summed E-state index contributed by atoms with van der Waals surface area (Å²) in [4.78, 5) is 13.5. The molecule has 0 aliphatic carbocycles. The van der Waals surface area contributed by atoms with Gasteiger partial charge in [-0.15, -0.1) is 0 Å². The molecule has 4 rings (SSSR count). The largest absolute Gasteiger partial charge is 0.339 e. The highest BCUT2D eigenvalue weighted by Gasteiger charge is 2.16. The molecule has 23 heavy (non-hydrogen) atoms. The van der Waals surface area contributed by atoms with E-state index in [2.05, 4.69) is 57.5 Å². The first kappa shape index (κ1) is 13.9. The maximum absolute atomic E-state index is 4.56. The molecule has 2 aromatic heterocycles. The minimum atomic E-state index is 0.698. The Morgan fingerprint density at radius 2 is 2.04 bits per heavy atom. The molecule has 1 aromatic carbocycles. The second-order valence-electron chi connectivity index (χ2n) is 5.74. The van der Waals surface area contributed by atoms with Crippen LogP contribution >= 0.6 is 0 Å². The normalized spacial score (nSPS) is 13.0. The number of fused-ring (bicyclic) bond motifs is 2. The number of hydrogen-bond donors (Lipinski definition) is 1. The Morgan fingerprint density at radius 1 is 1.09 bits per heavy atom. The highest BCUT2D eigenvalue weighted by Crippen LogP contribution is 2.24. The Kier molecular flexibility index (Phi) is 3.50. The number of hydrogen-bond acceptors (Lipinski definition) is 4. The van der Waals surface area contributed by atoms with Gasteiger partial charge in [0.1, 0.15) is 5.69 Å². The van der Waals surface area contributed by atoms with Gasteiger partial charge in [-0.05, 0) is 36.1 Å². The maximum atomic E-state index is 4.56. The quantitative estimate of drug-likeness (QED) is 0.797. The number of nitrogens with zero attached hydrogens (tertiary/aromatic N) is 3. The number of benzene rings is 1. The van der Waals surface area contributed by atoms with E-state index in [1.807, 2.05) is 18.5 Å². The van der Waals surface area contributed by atoms with Gasteiger partial charge in [-0.1, -0.05) is 25.5 Å². The third-order valence-electron chi connectivity index (χ3n) is 4.12. The fraction of sp³-hybridized carbons (Fsp3) is 0.211. The van der Waals surface area contributed by atoms with E-state index in [9.17, 15) is 0 Å². The summed E-state index contributed by atoms with van der Waals surface area (Å²) in [5, 5.41) is 5.84. The SMILES string of the molecule is CCCc1nccc2cc(NC3=NCc4cccnc43)ccc12. The minimum absolute atomic E-state index is 0.698. The van der Waals surface area contributed by atoms with Crippen LogP contribution in [-0.2, 0) is 13.0 Å². The average molecular weight is 302 g/mol. The van der Waals surface area contributed by atoms with Crippen molar-refractivity contribution in [3.05, 3.63) is 65.7 Å². The molecular weight excluding hydrogens is 284 g/mol. The first-order valence-electron chi connectivity index (χ1n) is 7.98. The third kappa shape index (κ3) is 2.57. The minimum Gasteiger partial charge on any atom is -0.339 e. The topological polar surface area (TPSA) is 50.2 Å². The van der Waals surface area contributed by atoms with Crippen molar-refractivity contribution in [1.29, 1.82) is 0 Å². The van der Waals surface area contributed by atoms with Gasteiger partial charge in [-0.3, -0.25) is 15.0 Å². The van der Waals surface area contributed by atoms with Crippen LogP contribution < -0.4 is 5.32 Å². The average Bonchev–Trinajstić information content (AvgIpc) is 2.98. The summed E-state index contributed by atoms with van der Waals surface area (Å²) in [7, 11) is 0. The number of aromatic nitrogens is 2. The van der Waals surface area contributed by atoms with Crippen LogP contribution in [0, 0.1) is 0 Å². The Balaban J connectivity index is 1.66. The lowest BCUT2D eigenvalue weighted by molar-refractivity contribution is 0.893. The predicted octanol–water partition coefficient (Wildman–Crippen LogP) is 3.95. The van der Waals surface area contributed by atoms with Crippen LogP contribution in [0.25, 0.3) is 10.8 Å². The lowest BCUT2D eigenvalue weighted by Gasteiger charge is -2.09. The van der Waals surface area contributed by atoms with E-state index < -0.39 is 0 Å². The van der Waals surface area contributed by atoms with E-state index >= 15 is 0 Å². The maximum Gasteiger partial charge on any atom is 0.152 e. The van der Waals surface area contributed by atoms with Gasteiger partial charge in [0.05, 0.1) is 6.54 Å². The van der Waals surface area contributed by atoms with Crippen molar-refractivity contribution in [2.75, 3.05) is 5.32 Å². The highest BCUT2D eigenvalue weighted by atomic mass is 15.0. The number of rotatable bonds is 3. The molecule has 114 valence electrons. The summed E-state index contributed by atoms with van der Waals surface area (Å²) in [6, 6.07) is 12.5. The van der Waals surface area contributed by atoms with Crippen LogP contribution in [-0.4, -0.2) is 15.8 Å². The number of anilines is 1. The molecule has 1 aliphatic heterocycles. The van der Waals surface area contributed by atoms with Gasteiger partial charge in [0.25, 0.3) is 0 Å². The van der Waals surface area contributed by atoms with Crippen LogP contribution in [0.5, 0.6) is 0 Å². The first-order valence-corrected chi connectivity index (χ1v) is 7.98. The van der Waals surface area contributed by atoms with Crippen LogP contribution in [0.3, 0.4) is 0 Å².